The van der Waals surface area contributed by atoms with Crippen LogP contribution in [0.4, 0.5) is 13.2 Å². The molecule has 0 aliphatic rings. The fourth-order valence-electron chi connectivity index (χ4n) is 6.98. The van der Waals surface area contributed by atoms with Crippen molar-refractivity contribution in [2.45, 2.75) is 52.6 Å². The van der Waals surface area contributed by atoms with Gasteiger partial charge in [0, 0.05) is 47.6 Å². The van der Waals surface area contributed by atoms with Crippen molar-refractivity contribution in [3.63, 3.8) is 0 Å². The van der Waals surface area contributed by atoms with E-state index in [2.05, 4.69) is 81.2 Å². The Hall–Kier alpha value is -5.87. The van der Waals surface area contributed by atoms with Gasteiger partial charge in [-0.2, -0.15) is 18.4 Å². The summed E-state index contributed by atoms with van der Waals surface area (Å²) in [6.45, 7) is 6.11. The Morgan fingerprint density at radius 3 is 2.09 bits per heavy atom. The quantitative estimate of drug-likeness (QED) is 0.156. The summed E-state index contributed by atoms with van der Waals surface area (Å²) in [5.74, 6) is 0.790. The third-order valence-electron chi connectivity index (χ3n) is 9.66. The maximum absolute atomic E-state index is 13.0. The zero-order chi connectivity index (χ0) is 42.1. The van der Waals surface area contributed by atoms with Crippen LogP contribution in [0.15, 0.2) is 132 Å². The van der Waals surface area contributed by atoms with Crippen LogP contribution >= 0.6 is 0 Å². The Kier molecular flexibility index (Phi) is 11.0. The Labute approximate surface area is 348 Å². The molecule has 0 fully saturated rings. The summed E-state index contributed by atoms with van der Waals surface area (Å²) in [5.41, 5.74) is 8.92. The average Bonchev–Trinajstić information content (AvgIpc) is 3.62. The predicted molar refractivity (Wildman–Crippen MR) is 218 cm³/mol. The van der Waals surface area contributed by atoms with Gasteiger partial charge in [0.15, 0.2) is 0 Å². The van der Waals surface area contributed by atoms with E-state index in [1.807, 2.05) is 60.8 Å². The number of halogens is 3. The topological polar surface area (TPSA) is 62.7 Å². The molecular formula is C49H38F3IrN3O-2. The first-order valence-corrected chi connectivity index (χ1v) is 18.2. The van der Waals surface area contributed by atoms with Crippen molar-refractivity contribution < 1.29 is 41.8 Å². The third kappa shape index (κ3) is 8.32. The van der Waals surface area contributed by atoms with Crippen LogP contribution in [-0.2, 0) is 26.3 Å². The van der Waals surface area contributed by atoms with Gasteiger partial charge in [0.25, 0.3) is 0 Å². The number of aromatic nitrogens is 2. The second-order valence-electron chi connectivity index (χ2n) is 14.0. The molecule has 8 rings (SSSR count). The summed E-state index contributed by atoms with van der Waals surface area (Å²) < 4.78 is 67.0. The van der Waals surface area contributed by atoms with Crippen LogP contribution in [0.1, 0.15) is 71.5 Å². The van der Waals surface area contributed by atoms with E-state index in [0.717, 1.165) is 56.6 Å². The minimum atomic E-state index is -4.75. The zero-order valence-electron chi connectivity index (χ0n) is 34.5. The first-order chi connectivity index (χ1) is 28.2. The molecule has 287 valence electrons. The number of hydrogen-bond donors (Lipinski definition) is 0. The predicted octanol–water partition coefficient (Wildman–Crippen LogP) is 13.8. The molecule has 0 N–H and O–H groups in total. The molecule has 0 bridgehead atoms. The van der Waals surface area contributed by atoms with Gasteiger partial charge in [-0.1, -0.05) is 105 Å². The summed E-state index contributed by atoms with van der Waals surface area (Å²) in [4.78, 5) is 8.57. The summed E-state index contributed by atoms with van der Waals surface area (Å²) in [7, 11) is 0. The van der Waals surface area contributed by atoms with Gasteiger partial charge in [0.2, 0.25) is 0 Å². The zero-order valence-corrected chi connectivity index (χ0v) is 33.9. The number of pyridine rings is 2. The molecule has 0 aliphatic carbocycles. The molecule has 8 heteroatoms. The van der Waals surface area contributed by atoms with Gasteiger partial charge in [-0.25, -0.2) is 0 Å². The molecule has 8 aromatic rings. The number of alkyl halides is 3. The standard InChI is InChI=1S/C36H29N2O.C13H9F3N.Ir/c1-22(2)27-12-8-13-28(23(3)4)34(27)25-18-19-38-32(20-25)31-15-9-14-29-30-17-16-26(21-37)33(36(30)39-35(29)31)24-10-6-5-7-11-24;1-9-8-17-12(7-11(9)13(14,15)16)10-5-3-2-4-6-10;/h5-14,16-20,22-23H,1-4H3;2-5,7-8H,1H3;/q2*-1;/i;1D3;. The normalized spacial score (nSPS) is 12.3. The Morgan fingerprint density at radius 2 is 1.44 bits per heavy atom. The monoisotopic (exact) mass is 937 g/mol. The van der Waals surface area contributed by atoms with E-state index in [0.29, 0.717) is 28.5 Å². The summed E-state index contributed by atoms with van der Waals surface area (Å²) in [5, 5.41) is 11.9. The average molecular weight is 937 g/mol. The van der Waals surface area contributed by atoms with Crippen LogP contribution in [0.2, 0.25) is 0 Å². The number of aryl methyl sites for hydroxylation is 1. The molecule has 4 nitrogen and oxygen atoms in total. The van der Waals surface area contributed by atoms with E-state index >= 15 is 0 Å². The van der Waals surface area contributed by atoms with Crippen LogP contribution in [0.3, 0.4) is 0 Å². The van der Waals surface area contributed by atoms with Crippen LogP contribution in [0.5, 0.6) is 0 Å². The SMILES string of the molecule is CC(C)c1cccc(C(C)C)c1-c1ccnc(-c2[c-]ccc3c2oc2c(-c4ccccc4)c(C#N)ccc23)c1.[2H]C([2H])([2H])c1cnc(-c2[c-]cccc2)cc1C(F)(F)F.[Ir]. The number of nitriles is 1. The van der Waals surface area contributed by atoms with Gasteiger partial charge in [-0.3, -0.25) is 0 Å². The number of nitrogens with zero attached hydrogens (tertiary/aromatic N) is 3. The smallest absolute Gasteiger partial charge is 0.416 e. The van der Waals surface area contributed by atoms with Gasteiger partial charge in [-0.05, 0) is 75.6 Å². The molecule has 3 aromatic heterocycles. The van der Waals surface area contributed by atoms with Crippen LogP contribution < -0.4 is 0 Å². The van der Waals surface area contributed by atoms with Crippen molar-refractivity contribution in [2.75, 3.05) is 0 Å². The third-order valence-corrected chi connectivity index (χ3v) is 9.66. The summed E-state index contributed by atoms with van der Waals surface area (Å²) >= 11 is 0. The van der Waals surface area contributed by atoms with Crippen molar-refractivity contribution in [1.82, 2.24) is 9.97 Å². The minimum absolute atomic E-state index is 0. The Balaban J connectivity index is 0.000000243. The fraction of sp³-hybridized carbons (Fsp3) is 0.163. The van der Waals surface area contributed by atoms with Gasteiger partial charge in [0.05, 0.1) is 22.8 Å². The van der Waals surface area contributed by atoms with E-state index in [9.17, 15) is 18.4 Å². The van der Waals surface area contributed by atoms with Crippen molar-refractivity contribution in [1.29, 1.82) is 5.26 Å². The summed E-state index contributed by atoms with van der Waals surface area (Å²) in [6.07, 6.45) is -2.12. The Morgan fingerprint density at radius 1 is 0.719 bits per heavy atom. The minimum Gasteiger partial charge on any atom is -0.500 e. The number of hydrogen-bond acceptors (Lipinski definition) is 4. The fourth-order valence-corrected chi connectivity index (χ4v) is 6.98. The van der Waals surface area contributed by atoms with Crippen molar-refractivity contribution >= 4 is 21.9 Å². The largest absolute Gasteiger partial charge is 0.500 e. The van der Waals surface area contributed by atoms with E-state index in [4.69, 9.17) is 13.5 Å². The molecule has 0 atom stereocenters. The number of fused-ring (bicyclic) bond motifs is 3. The maximum atomic E-state index is 13.0. The second-order valence-corrected chi connectivity index (χ2v) is 14.0. The maximum Gasteiger partial charge on any atom is 0.416 e. The van der Waals surface area contributed by atoms with E-state index in [-0.39, 0.29) is 25.8 Å². The van der Waals surface area contributed by atoms with Crippen LogP contribution in [0.25, 0.3) is 66.7 Å². The molecular weight excluding hydrogens is 896 g/mol. The molecule has 0 aliphatic heterocycles. The first kappa shape index (κ1) is 36.7. The first-order valence-electron chi connectivity index (χ1n) is 19.7. The number of benzene rings is 5. The molecule has 0 unspecified atom stereocenters. The molecule has 5 aromatic carbocycles. The molecule has 0 spiro atoms. The molecule has 1 radical (unpaired) electrons. The number of furan rings is 1. The van der Waals surface area contributed by atoms with Crippen molar-refractivity contribution in [3.8, 4) is 50.8 Å². The van der Waals surface area contributed by atoms with Gasteiger partial charge in [-0.15, -0.1) is 54.1 Å². The van der Waals surface area contributed by atoms with Crippen molar-refractivity contribution in [3.05, 3.63) is 168 Å². The number of rotatable bonds is 6. The van der Waals surface area contributed by atoms with Gasteiger partial charge < -0.3 is 14.4 Å². The van der Waals surface area contributed by atoms with Gasteiger partial charge in [0.1, 0.15) is 5.58 Å². The van der Waals surface area contributed by atoms with Crippen LogP contribution in [-0.4, -0.2) is 9.97 Å². The molecule has 0 saturated carbocycles. The molecule has 57 heavy (non-hydrogen) atoms. The Bertz CT molecular complexity index is 2800. The van der Waals surface area contributed by atoms with Gasteiger partial charge >= 0.3 is 6.18 Å². The van der Waals surface area contributed by atoms with E-state index < -0.39 is 24.2 Å². The van der Waals surface area contributed by atoms with Crippen LogP contribution in [0, 0.1) is 30.3 Å². The second kappa shape index (κ2) is 17.1. The van der Waals surface area contributed by atoms with E-state index in [1.54, 1.807) is 24.3 Å². The van der Waals surface area contributed by atoms with E-state index in [1.165, 1.54) is 16.7 Å². The molecule has 0 saturated heterocycles. The summed E-state index contributed by atoms with van der Waals surface area (Å²) in [6, 6.07) is 44.3. The molecule has 0 amide bonds. The van der Waals surface area contributed by atoms with Crippen molar-refractivity contribution in [2.24, 2.45) is 0 Å². The molecule has 3 heterocycles.